The summed E-state index contributed by atoms with van der Waals surface area (Å²) in [5.74, 6) is 0.542. The number of carbonyl (C=O) groups is 1. The van der Waals surface area contributed by atoms with Gasteiger partial charge in [0.15, 0.2) is 0 Å². The molecule has 5 nitrogen and oxygen atoms in total. The number of fused-ring (bicyclic) bond motifs is 2. The minimum absolute atomic E-state index is 0.542. The van der Waals surface area contributed by atoms with Gasteiger partial charge in [-0.05, 0) is 13.0 Å². The van der Waals surface area contributed by atoms with Crippen LogP contribution in [0.5, 0.6) is 0 Å². The van der Waals surface area contributed by atoms with Crippen LogP contribution in [0, 0.1) is 5.92 Å². The van der Waals surface area contributed by atoms with E-state index >= 15 is 0 Å². The van der Waals surface area contributed by atoms with Crippen molar-refractivity contribution in [2.75, 3.05) is 19.6 Å². The van der Waals surface area contributed by atoms with Crippen molar-refractivity contribution in [3.8, 4) is 0 Å². The van der Waals surface area contributed by atoms with Crippen LogP contribution in [-0.2, 0) is 0 Å². The number of piperidine rings is 1. The maximum absolute atomic E-state index is 10.4. The molecule has 2 fully saturated rings. The smallest absolute Gasteiger partial charge is 0.332 e. The Labute approximate surface area is 77.0 Å². The van der Waals surface area contributed by atoms with Gasteiger partial charge in [-0.3, -0.25) is 0 Å². The first kappa shape index (κ1) is 8.50. The maximum atomic E-state index is 10.4. The predicted molar refractivity (Wildman–Crippen MR) is 49.3 cm³/mol. The van der Waals surface area contributed by atoms with Crippen molar-refractivity contribution in [3.63, 3.8) is 0 Å². The molecule has 3 N–H and O–H groups in total. The van der Waals surface area contributed by atoms with Crippen LogP contribution in [0.25, 0.3) is 0 Å². The van der Waals surface area contributed by atoms with Gasteiger partial charge in [0.05, 0.1) is 0 Å². The highest BCUT2D eigenvalue weighted by molar-refractivity contribution is 5.89. The first-order valence-electron chi connectivity index (χ1n) is 4.60. The third-order valence-electron chi connectivity index (χ3n) is 2.74. The maximum Gasteiger partial charge on any atom is 0.332 e. The van der Waals surface area contributed by atoms with Crippen LogP contribution < -0.4 is 11.2 Å². The summed E-state index contributed by atoms with van der Waals surface area (Å²) < 4.78 is 0. The summed E-state index contributed by atoms with van der Waals surface area (Å²) in [5, 5.41) is 4.03. The molecule has 0 aromatic carbocycles. The molecule has 72 valence electrons. The molecular formula is C8H14N4O. The number of nitrogens with zero attached hydrogens (tertiary/aromatic N) is 2. The van der Waals surface area contributed by atoms with Gasteiger partial charge in [-0.1, -0.05) is 0 Å². The molecule has 0 aliphatic carbocycles. The highest BCUT2D eigenvalue weighted by Crippen LogP contribution is 2.24. The van der Waals surface area contributed by atoms with E-state index in [9.17, 15) is 4.79 Å². The number of carbonyl (C=O) groups excluding carboxylic acids is 1. The van der Waals surface area contributed by atoms with Gasteiger partial charge in [-0.2, -0.15) is 5.10 Å². The fourth-order valence-electron chi connectivity index (χ4n) is 2.06. The monoisotopic (exact) mass is 182 g/mol. The zero-order chi connectivity index (χ0) is 9.26. The van der Waals surface area contributed by atoms with Crippen molar-refractivity contribution in [1.82, 2.24) is 10.3 Å². The SMILES string of the molecule is NC(=O)N/N=C1\CCN2CCC1C2. The third kappa shape index (κ3) is 1.80. The molecule has 2 saturated heterocycles. The van der Waals surface area contributed by atoms with Crippen LogP contribution in [0.4, 0.5) is 4.79 Å². The van der Waals surface area contributed by atoms with Crippen LogP contribution in [0.1, 0.15) is 12.8 Å². The molecule has 2 aliphatic heterocycles. The average Bonchev–Trinajstić information content (AvgIpc) is 2.47. The summed E-state index contributed by atoms with van der Waals surface area (Å²) in [6.07, 6.45) is 2.13. The number of nitrogens with two attached hydrogens (primary N) is 1. The van der Waals surface area contributed by atoms with Crippen molar-refractivity contribution in [2.24, 2.45) is 16.8 Å². The lowest BCUT2D eigenvalue weighted by molar-refractivity contribution is 0.249. The second-order valence-corrected chi connectivity index (χ2v) is 3.62. The molecule has 2 atom stereocenters. The van der Waals surface area contributed by atoms with E-state index in [1.807, 2.05) is 0 Å². The molecule has 2 heterocycles. The molecule has 0 spiro atoms. The topological polar surface area (TPSA) is 70.7 Å². The summed E-state index contributed by atoms with van der Waals surface area (Å²) in [7, 11) is 0. The van der Waals surface area contributed by atoms with Crippen molar-refractivity contribution in [1.29, 1.82) is 0 Å². The minimum Gasteiger partial charge on any atom is -0.350 e. The number of hydrogen-bond donors (Lipinski definition) is 2. The number of rotatable bonds is 1. The van der Waals surface area contributed by atoms with Crippen molar-refractivity contribution in [3.05, 3.63) is 0 Å². The van der Waals surface area contributed by atoms with E-state index in [4.69, 9.17) is 5.73 Å². The van der Waals surface area contributed by atoms with E-state index in [2.05, 4.69) is 15.4 Å². The number of hydrazone groups is 1. The molecular weight excluding hydrogens is 168 g/mol. The average molecular weight is 182 g/mol. The molecule has 0 radical (unpaired) electrons. The van der Waals surface area contributed by atoms with E-state index < -0.39 is 6.03 Å². The van der Waals surface area contributed by atoms with Gasteiger partial charge in [0.2, 0.25) is 0 Å². The zero-order valence-electron chi connectivity index (χ0n) is 7.49. The Morgan fingerprint density at radius 1 is 1.62 bits per heavy atom. The number of primary amides is 1. The Morgan fingerprint density at radius 2 is 2.46 bits per heavy atom. The van der Waals surface area contributed by atoms with Gasteiger partial charge in [0, 0.05) is 31.1 Å². The fraction of sp³-hybridized carbons (Fsp3) is 0.750. The highest BCUT2D eigenvalue weighted by Gasteiger charge is 2.31. The zero-order valence-corrected chi connectivity index (χ0v) is 7.49. The molecule has 0 aromatic heterocycles. The summed E-state index contributed by atoms with van der Waals surface area (Å²) in [6, 6.07) is -0.576. The molecule has 2 aliphatic rings. The molecule has 5 heteroatoms. The van der Waals surface area contributed by atoms with E-state index in [0.717, 1.165) is 25.2 Å². The van der Waals surface area contributed by atoms with E-state index in [0.29, 0.717) is 5.92 Å². The van der Waals surface area contributed by atoms with Gasteiger partial charge in [-0.15, -0.1) is 0 Å². The number of amides is 2. The van der Waals surface area contributed by atoms with Gasteiger partial charge in [-0.25, -0.2) is 10.2 Å². The summed E-state index contributed by atoms with van der Waals surface area (Å²) in [4.78, 5) is 12.9. The third-order valence-corrected chi connectivity index (χ3v) is 2.74. The minimum atomic E-state index is -0.576. The van der Waals surface area contributed by atoms with Crippen LogP contribution in [-0.4, -0.2) is 36.3 Å². The van der Waals surface area contributed by atoms with Gasteiger partial charge >= 0.3 is 6.03 Å². The molecule has 2 amide bonds. The Kier molecular flexibility index (Phi) is 2.18. The Hall–Kier alpha value is -1.10. The lowest BCUT2D eigenvalue weighted by Crippen LogP contribution is -2.34. The van der Waals surface area contributed by atoms with Crippen molar-refractivity contribution in [2.45, 2.75) is 12.8 Å². The Morgan fingerprint density at radius 3 is 3.23 bits per heavy atom. The lowest BCUT2D eigenvalue weighted by Gasteiger charge is -2.23. The number of hydrogen-bond acceptors (Lipinski definition) is 3. The normalized spacial score (nSPS) is 34.9. The second kappa shape index (κ2) is 3.33. The number of urea groups is 1. The molecule has 2 rings (SSSR count). The summed E-state index contributed by atoms with van der Waals surface area (Å²) in [5.41, 5.74) is 8.35. The van der Waals surface area contributed by atoms with Crippen LogP contribution in [0.3, 0.4) is 0 Å². The first-order chi connectivity index (χ1) is 6.25. The quantitative estimate of drug-likeness (QED) is 0.548. The van der Waals surface area contributed by atoms with Gasteiger partial charge in [0.1, 0.15) is 0 Å². The van der Waals surface area contributed by atoms with Crippen LogP contribution in [0.15, 0.2) is 5.10 Å². The van der Waals surface area contributed by atoms with Crippen molar-refractivity contribution >= 4 is 11.7 Å². The summed E-state index contributed by atoms with van der Waals surface area (Å²) >= 11 is 0. The van der Waals surface area contributed by atoms with Crippen LogP contribution in [0.2, 0.25) is 0 Å². The van der Waals surface area contributed by atoms with Crippen LogP contribution >= 0.6 is 0 Å². The van der Waals surface area contributed by atoms with Crippen molar-refractivity contribution < 1.29 is 4.79 Å². The van der Waals surface area contributed by atoms with Gasteiger partial charge < -0.3 is 10.6 Å². The molecule has 2 bridgehead atoms. The van der Waals surface area contributed by atoms with Gasteiger partial charge in [0.25, 0.3) is 0 Å². The predicted octanol–water partition coefficient (Wildman–Crippen LogP) is -0.264. The standard InChI is InChI=1S/C8H14N4O/c9-8(13)11-10-7-2-4-12-3-1-6(7)5-12/h6H,1-5H2,(H3,9,11,13)/b10-7+. The Balaban J connectivity index is 1.99. The molecule has 13 heavy (non-hydrogen) atoms. The Bertz CT molecular complexity index is 251. The molecule has 2 unspecified atom stereocenters. The highest BCUT2D eigenvalue weighted by atomic mass is 16.2. The first-order valence-corrected chi connectivity index (χ1v) is 4.60. The largest absolute Gasteiger partial charge is 0.350 e. The lowest BCUT2D eigenvalue weighted by atomic mass is 9.98. The number of nitrogens with one attached hydrogen (secondary N) is 1. The second-order valence-electron chi connectivity index (χ2n) is 3.62. The van der Waals surface area contributed by atoms with E-state index in [-0.39, 0.29) is 0 Å². The fourth-order valence-corrected chi connectivity index (χ4v) is 2.06. The van der Waals surface area contributed by atoms with E-state index in [1.54, 1.807) is 0 Å². The molecule has 0 aromatic rings. The molecule has 0 saturated carbocycles. The summed E-state index contributed by atoms with van der Waals surface area (Å²) in [6.45, 7) is 3.33. The van der Waals surface area contributed by atoms with E-state index in [1.165, 1.54) is 13.0 Å².